The third-order valence-corrected chi connectivity index (χ3v) is 4.80. The van der Waals surface area contributed by atoms with Crippen LogP contribution >= 0.6 is 21.2 Å². The van der Waals surface area contributed by atoms with Gasteiger partial charge in [-0.25, -0.2) is 0 Å². The van der Waals surface area contributed by atoms with Crippen molar-refractivity contribution < 1.29 is 9.84 Å². The summed E-state index contributed by atoms with van der Waals surface area (Å²) in [6.07, 6.45) is 0. The molecule has 2 nitrogen and oxygen atoms in total. The first-order chi connectivity index (χ1) is 9.51. The maximum atomic E-state index is 10.0. The van der Waals surface area contributed by atoms with Crippen molar-refractivity contribution in [1.29, 1.82) is 0 Å². The maximum absolute atomic E-state index is 10.0. The van der Waals surface area contributed by atoms with Crippen LogP contribution in [0.2, 0.25) is 0 Å². The molecule has 0 amide bonds. The Balaban J connectivity index is 2.39. The molecule has 0 fully saturated rings. The van der Waals surface area contributed by atoms with Gasteiger partial charge in [0.1, 0.15) is 11.5 Å². The lowest BCUT2D eigenvalue weighted by Gasteiger charge is -2.14. The SMILES string of the molecule is COc1ccc(O)c(Pc2ccc(C)cc2C(C)S)c1. The van der Waals surface area contributed by atoms with E-state index in [-0.39, 0.29) is 5.25 Å². The Kier molecular flexibility index (Phi) is 4.95. The summed E-state index contributed by atoms with van der Waals surface area (Å²) in [5.74, 6) is 1.07. The molecule has 0 aliphatic rings. The fraction of sp³-hybridized carbons (Fsp3) is 0.250. The lowest BCUT2D eigenvalue weighted by molar-refractivity contribution is 0.413. The highest BCUT2D eigenvalue weighted by Gasteiger charge is 2.11. The van der Waals surface area contributed by atoms with E-state index in [4.69, 9.17) is 4.74 Å². The van der Waals surface area contributed by atoms with Crippen molar-refractivity contribution >= 4 is 31.8 Å². The van der Waals surface area contributed by atoms with Crippen molar-refractivity contribution in [2.75, 3.05) is 7.11 Å². The number of phenols is 1. The number of phenolic OH excluding ortho intramolecular Hbond substituents is 1. The summed E-state index contributed by atoms with van der Waals surface area (Å²) in [5.41, 5.74) is 2.44. The van der Waals surface area contributed by atoms with E-state index < -0.39 is 0 Å². The predicted octanol–water partition coefficient (Wildman–Crippen LogP) is 3.33. The van der Waals surface area contributed by atoms with E-state index in [9.17, 15) is 5.11 Å². The summed E-state index contributed by atoms with van der Waals surface area (Å²) in [5, 5.41) is 12.3. The zero-order chi connectivity index (χ0) is 14.7. The molecule has 1 N–H and O–H groups in total. The fourth-order valence-electron chi connectivity index (χ4n) is 2.03. The Morgan fingerprint density at radius 2 is 1.90 bits per heavy atom. The van der Waals surface area contributed by atoms with Crippen LogP contribution in [0.25, 0.3) is 0 Å². The van der Waals surface area contributed by atoms with Crippen molar-refractivity contribution in [2.24, 2.45) is 0 Å². The smallest absolute Gasteiger partial charge is 0.123 e. The van der Waals surface area contributed by atoms with Gasteiger partial charge in [0.25, 0.3) is 0 Å². The molecule has 0 aliphatic heterocycles. The van der Waals surface area contributed by atoms with Gasteiger partial charge in [0.15, 0.2) is 0 Å². The number of rotatable bonds is 4. The Labute approximate surface area is 127 Å². The van der Waals surface area contributed by atoms with Gasteiger partial charge in [-0.1, -0.05) is 32.3 Å². The number of benzene rings is 2. The van der Waals surface area contributed by atoms with Crippen molar-refractivity contribution in [3.8, 4) is 11.5 Å². The monoisotopic (exact) mass is 306 g/mol. The molecule has 2 rings (SSSR count). The lowest BCUT2D eigenvalue weighted by Crippen LogP contribution is -2.10. The standard InChI is InChI=1S/C16H19O2PS/c1-10-4-7-15(13(8-10)11(2)20)19-16-9-12(18-3)5-6-14(16)17/h4-9,11,17,19-20H,1-3H3. The van der Waals surface area contributed by atoms with E-state index in [1.165, 1.54) is 16.4 Å². The van der Waals surface area contributed by atoms with Crippen LogP contribution < -0.4 is 15.3 Å². The van der Waals surface area contributed by atoms with Crippen molar-refractivity contribution in [3.63, 3.8) is 0 Å². The third-order valence-electron chi connectivity index (χ3n) is 3.13. The molecule has 106 valence electrons. The molecule has 0 spiro atoms. The highest BCUT2D eigenvalue weighted by molar-refractivity contribution is 7.80. The molecule has 2 aromatic carbocycles. The zero-order valence-corrected chi connectivity index (χ0v) is 13.7. The molecule has 0 saturated carbocycles. The molecule has 20 heavy (non-hydrogen) atoms. The number of ether oxygens (including phenoxy) is 1. The minimum atomic E-state index is 0.171. The summed E-state index contributed by atoms with van der Waals surface area (Å²) >= 11 is 4.55. The van der Waals surface area contributed by atoms with Crippen LogP contribution in [0, 0.1) is 6.92 Å². The third kappa shape index (κ3) is 3.47. The molecule has 0 radical (unpaired) electrons. The van der Waals surface area contributed by atoms with E-state index in [0.717, 1.165) is 11.1 Å². The predicted molar refractivity (Wildman–Crippen MR) is 90.8 cm³/mol. The molecule has 4 heteroatoms. The van der Waals surface area contributed by atoms with Gasteiger partial charge in [0.2, 0.25) is 0 Å². The molecule has 0 aromatic heterocycles. The molecule has 0 bridgehead atoms. The van der Waals surface area contributed by atoms with Crippen LogP contribution in [0.1, 0.15) is 23.3 Å². The largest absolute Gasteiger partial charge is 0.507 e. The molecular weight excluding hydrogens is 287 g/mol. The lowest BCUT2D eigenvalue weighted by atomic mass is 10.1. The van der Waals surface area contributed by atoms with Gasteiger partial charge in [-0.15, -0.1) is 0 Å². The molecule has 2 aromatic rings. The number of aryl methyl sites for hydroxylation is 1. The van der Waals surface area contributed by atoms with Gasteiger partial charge < -0.3 is 9.84 Å². The fourth-order valence-corrected chi connectivity index (χ4v) is 3.68. The number of hydrogen-bond acceptors (Lipinski definition) is 3. The maximum Gasteiger partial charge on any atom is 0.123 e. The molecule has 0 heterocycles. The summed E-state index contributed by atoms with van der Waals surface area (Å²) in [7, 11) is 2.02. The second kappa shape index (κ2) is 6.51. The topological polar surface area (TPSA) is 29.5 Å². The van der Waals surface area contributed by atoms with E-state index in [1.54, 1.807) is 19.2 Å². The molecule has 0 aliphatic carbocycles. The van der Waals surface area contributed by atoms with Gasteiger partial charge in [-0.3, -0.25) is 0 Å². The Morgan fingerprint density at radius 1 is 1.15 bits per heavy atom. The summed E-state index contributed by atoms with van der Waals surface area (Å²) in [4.78, 5) is 0. The van der Waals surface area contributed by atoms with Crippen LogP contribution in [0.15, 0.2) is 36.4 Å². The Hall–Kier alpha value is -1.18. The molecular formula is C16H19O2PS. The summed E-state index contributed by atoms with van der Waals surface area (Å²) in [6, 6.07) is 11.7. The minimum absolute atomic E-state index is 0.171. The average Bonchev–Trinajstić information content (AvgIpc) is 2.42. The van der Waals surface area contributed by atoms with Crippen LogP contribution in [-0.2, 0) is 0 Å². The van der Waals surface area contributed by atoms with Gasteiger partial charge in [-0.2, -0.15) is 12.6 Å². The van der Waals surface area contributed by atoms with Crippen molar-refractivity contribution in [3.05, 3.63) is 47.5 Å². The average molecular weight is 306 g/mol. The number of thiol groups is 1. The second-order valence-electron chi connectivity index (χ2n) is 4.77. The second-order valence-corrected chi connectivity index (χ2v) is 6.88. The Morgan fingerprint density at radius 3 is 2.55 bits per heavy atom. The molecule has 0 saturated heterocycles. The van der Waals surface area contributed by atoms with Crippen molar-refractivity contribution in [1.82, 2.24) is 0 Å². The van der Waals surface area contributed by atoms with Crippen molar-refractivity contribution in [2.45, 2.75) is 19.1 Å². The normalized spacial score (nSPS) is 12.8. The summed E-state index contributed by atoms with van der Waals surface area (Å²) < 4.78 is 5.22. The quantitative estimate of drug-likeness (QED) is 0.670. The van der Waals surface area contributed by atoms with Gasteiger partial charge in [0.05, 0.1) is 7.11 Å². The molecule has 2 atom stereocenters. The van der Waals surface area contributed by atoms with Gasteiger partial charge in [0, 0.05) is 10.6 Å². The van der Waals surface area contributed by atoms with Crippen LogP contribution in [-0.4, -0.2) is 12.2 Å². The van der Waals surface area contributed by atoms with E-state index in [0.29, 0.717) is 14.3 Å². The zero-order valence-electron chi connectivity index (χ0n) is 11.8. The molecule has 2 unspecified atom stereocenters. The number of methoxy groups -OCH3 is 1. The van der Waals surface area contributed by atoms with Gasteiger partial charge >= 0.3 is 0 Å². The summed E-state index contributed by atoms with van der Waals surface area (Å²) in [6.45, 7) is 4.15. The van der Waals surface area contributed by atoms with E-state index >= 15 is 0 Å². The first-order valence-corrected chi connectivity index (χ1v) is 7.95. The highest BCUT2D eigenvalue weighted by atomic mass is 32.1. The van der Waals surface area contributed by atoms with Crippen LogP contribution in [0.3, 0.4) is 0 Å². The Bertz CT molecular complexity index is 611. The van der Waals surface area contributed by atoms with E-state index in [1.807, 2.05) is 6.07 Å². The first kappa shape index (κ1) is 15.2. The van der Waals surface area contributed by atoms with E-state index in [2.05, 4.69) is 44.7 Å². The van der Waals surface area contributed by atoms with Gasteiger partial charge in [-0.05, 0) is 42.9 Å². The number of hydrogen-bond donors (Lipinski definition) is 2. The first-order valence-electron chi connectivity index (χ1n) is 6.44. The van der Waals surface area contributed by atoms with Crippen LogP contribution in [0.5, 0.6) is 11.5 Å². The highest BCUT2D eigenvalue weighted by Crippen LogP contribution is 2.27. The van der Waals surface area contributed by atoms with Crippen LogP contribution in [0.4, 0.5) is 0 Å². The minimum Gasteiger partial charge on any atom is -0.507 e. The number of aromatic hydroxyl groups is 1.